The first-order chi connectivity index (χ1) is 13.5. The van der Waals surface area contributed by atoms with Crippen molar-refractivity contribution in [1.29, 1.82) is 0 Å². The molecule has 1 aromatic heterocycles. The molecule has 0 unspecified atom stereocenters. The number of aryl methyl sites for hydroxylation is 2. The quantitative estimate of drug-likeness (QED) is 0.464. The average molecular weight is 381 g/mol. The Hall–Kier alpha value is -3.42. The van der Waals surface area contributed by atoms with E-state index in [1.54, 1.807) is 7.05 Å². The molecule has 146 valence electrons. The highest BCUT2D eigenvalue weighted by Gasteiger charge is 2.14. The maximum Gasteiger partial charge on any atom is 0.368 e. The molecule has 0 amide bonds. The molecular formula is C20H23N5O3. The zero-order chi connectivity index (χ0) is 20.1. The molecule has 0 radical (unpaired) electrons. The monoisotopic (exact) mass is 381 g/mol. The highest BCUT2D eigenvalue weighted by Crippen LogP contribution is 2.21. The van der Waals surface area contributed by atoms with Crippen molar-refractivity contribution in [2.75, 3.05) is 7.11 Å². The number of nitrogens with zero attached hydrogens (tertiary/aromatic N) is 5. The second-order valence-corrected chi connectivity index (χ2v) is 6.26. The molecule has 0 fully saturated rings. The van der Waals surface area contributed by atoms with E-state index in [9.17, 15) is 4.79 Å². The number of hydrogen-bond acceptors (Lipinski definition) is 6. The van der Waals surface area contributed by atoms with E-state index >= 15 is 0 Å². The van der Waals surface area contributed by atoms with Gasteiger partial charge in [-0.3, -0.25) is 0 Å². The van der Waals surface area contributed by atoms with Crippen LogP contribution in [0, 0.1) is 6.92 Å². The predicted octanol–water partition coefficient (Wildman–Crippen LogP) is 2.61. The van der Waals surface area contributed by atoms with Crippen LogP contribution in [-0.4, -0.2) is 32.6 Å². The van der Waals surface area contributed by atoms with Crippen molar-refractivity contribution in [3.63, 3.8) is 0 Å². The molecule has 1 heterocycles. The van der Waals surface area contributed by atoms with E-state index < -0.39 is 0 Å². The van der Waals surface area contributed by atoms with E-state index in [4.69, 9.17) is 9.57 Å². The third-order valence-electron chi connectivity index (χ3n) is 4.42. The highest BCUT2D eigenvalue weighted by atomic mass is 16.6. The van der Waals surface area contributed by atoms with E-state index in [-0.39, 0.29) is 12.3 Å². The fourth-order valence-electron chi connectivity index (χ4n) is 2.89. The molecule has 0 atom stereocenters. The molecule has 0 N–H and O–H groups in total. The molecule has 0 aliphatic carbocycles. The Kier molecular flexibility index (Phi) is 5.88. The van der Waals surface area contributed by atoms with Crippen LogP contribution in [-0.2, 0) is 18.5 Å². The van der Waals surface area contributed by atoms with Crippen LogP contribution in [0.5, 0.6) is 5.75 Å². The smallest absolute Gasteiger partial charge is 0.368 e. The summed E-state index contributed by atoms with van der Waals surface area (Å²) in [6.07, 6.45) is 0.745. The minimum absolute atomic E-state index is 0.289. The number of aromatic nitrogens is 4. The molecule has 3 rings (SSSR count). The van der Waals surface area contributed by atoms with Crippen LogP contribution in [0.3, 0.4) is 0 Å². The standard InChI is InChI=1S/C20H23N5O3/c1-5-18(21-27-4)15-9-7-10-16(12-15)28-13-17-14(2)8-6-11-19(17)25-20(26)24(3)22-23-25/h6-12H,5,13H2,1-4H3. The van der Waals surface area contributed by atoms with Crippen molar-refractivity contribution < 1.29 is 9.57 Å². The SMILES string of the molecule is CCC(=NOC)c1cccc(OCc2c(C)cccc2-n2nnn(C)c2=O)c1. The van der Waals surface area contributed by atoms with Gasteiger partial charge in [-0.2, -0.15) is 9.36 Å². The first-order valence-electron chi connectivity index (χ1n) is 8.96. The molecule has 0 aliphatic rings. The van der Waals surface area contributed by atoms with Crippen LogP contribution < -0.4 is 10.4 Å². The number of benzene rings is 2. The second-order valence-electron chi connectivity index (χ2n) is 6.26. The van der Waals surface area contributed by atoms with E-state index in [2.05, 4.69) is 15.6 Å². The summed E-state index contributed by atoms with van der Waals surface area (Å²) >= 11 is 0. The maximum atomic E-state index is 12.3. The van der Waals surface area contributed by atoms with Crippen LogP contribution in [0.15, 0.2) is 52.4 Å². The molecule has 0 saturated heterocycles. The summed E-state index contributed by atoms with van der Waals surface area (Å²) < 4.78 is 8.50. The lowest BCUT2D eigenvalue weighted by Gasteiger charge is -2.13. The summed E-state index contributed by atoms with van der Waals surface area (Å²) in [5.74, 6) is 0.704. The van der Waals surface area contributed by atoms with Crippen LogP contribution in [0.1, 0.15) is 30.0 Å². The Morgan fingerprint density at radius 1 is 1.18 bits per heavy atom. The largest absolute Gasteiger partial charge is 0.489 e. The fourth-order valence-corrected chi connectivity index (χ4v) is 2.89. The molecule has 3 aromatic rings. The van der Waals surface area contributed by atoms with Gasteiger partial charge in [0.05, 0.1) is 11.4 Å². The molecule has 0 spiro atoms. The van der Waals surface area contributed by atoms with Crippen molar-refractivity contribution >= 4 is 5.71 Å². The minimum Gasteiger partial charge on any atom is -0.489 e. The van der Waals surface area contributed by atoms with Gasteiger partial charge in [-0.25, -0.2) is 4.79 Å². The number of hydrogen-bond donors (Lipinski definition) is 0. The van der Waals surface area contributed by atoms with Crippen LogP contribution in [0.4, 0.5) is 0 Å². The first-order valence-corrected chi connectivity index (χ1v) is 8.96. The summed E-state index contributed by atoms with van der Waals surface area (Å²) in [5.41, 5.74) is 4.01. The van der Waals surface area contributed by atoms with Gasteiger partial charge in [0.25, 0.3) is 0 Å². The van der Waals surface area contributed by atoms with Gasteiger partial charge in [-0.15, -0.1) is 0 Å². The average Bonchev–Trinajstić information content (AvgIpc) is 3.03. The van der Waals surface area contributed by atoms with E-state index in [1.165, 1.54) is 16.5 Å². The van der Waals surface area contributed by atoms with Crippen LogP contribution in [0.2, 0.25) is 0 Å². The Morgan fingerprint density at radius 2 is 1.96 bits per heavy atom. The molecule has 28 heavy (non-hydrogen) atoms. The Labute approximate surface area is 163 Å². The predicted molar refractivity (Wildman–Crippen MR) is 106 cm³/mol. The lowest BCUT2D eigenvalue weighted by molar-refractivity contribution is 0.213. The van der Waals surface area contributed by atoms with Crippen LogP contribution >= 0.6 is 0 Å². The molecular weight excluding hydrogens is 358 g/mol. The third-order valence-corrected chi connectivity index (χ3v) is 4.42. The molecule has 8 nitrogen and oxygen atoms in total. The summed E-state index contributed by atoms with van der Waals surface area (Å²) in [7, 11) is 3.10. The Morgan fingerprint density at radius 3 is 2.64 bits per heavy atom. The van der Waals surface area contributed by atoms with Crippen molar-refractivity contribution in [3.8, 4) is 11.4 Å². The topological polar surface area (TPSA) is 83.5 Å². The number of rotatable bonds is 7. The zero-order valence-corrected chi connectivity index (χ0v) is 16.4. The summed E-state index contributed by atoms with van der Waals surface area (Å²) in [5, 5.41) is 11.8. The Bertz CT molecular complexity index is 1050. The minimum atomic E-state index is -0.308. The van der Waals surface area contributed by atoms with Crippen molar-refractivity contribution in [2.45, 2.75) is 26.9 Å². The van der Waals surface area contributed by atoms with Gasteiger partial charge in [-0.1, -0.05) is 36.3 Å². The number of oxime groups is 1. The van der Waals surface area contributed by atoms with E-state index in [0.717, 1.165) is 28.8 Å². The van der Waals surface area contributed by atoms with Gasteiger partial charge in [-0.05, 0) is 47.5 Å². The van der Waals surface area contributed by atoms with Gasteiger partial charge in [0.15, 0.2) is 0 Å². The maximum absolute atomic E-state index is 12.3. The van der Waals surface area contributed by atoms with Gasteiger partial charge in [0, 0.05) is 18.2 Å². The zero-order valence-electron chi connectivity index (χ0n) is 16.4. The first kappa shape index (κ1) is 19.3. The van der Waals surface area contributed by atoms with Gasteiger partial charge < -0.3 is 9.57 Å². The van der Waals surface area contributed by atoms with Crippen LogP contribution in [0.25, 0.3) is 5.69 Å². The lowest BCUT2D eigenvalue weighted by Crippen LogP contribution is -2.23. The van der Waals surface area contributed by atoms with Crippen molar-refractivity contribution in [2.24, 2.45) is 12.2 Å². The molecule has 8 heteroatoms. The van der Waals surface area contributed by atoms with Crippen molar-refractivity contribution in [1.82, 2.24) is 19.8 Å². The molecule has 0 aliphatic heterocycles. The molecule has 2 aromatic carbocycles. The molecule has 0 bridgehead atoms. The summed E-state index contributed by atoms with van der Waals surface area (Å²) in [6.45, 7) is 4.28. The number of tetrazole rings is 1. The summed E-state index contributed by atoms with van der Waals surface area (Å²) in [4.78, 5) is 17.2. The van der Waals surface area contributed by atoms with E-state index in [1.807, 2.05) is 56.3 Å². The van der Waals surface area contributed by atoms with Gasteiger partial charge >= 0.3 is 5.69 Å². The second kappa shape index (κ2) is 8.51. The van der Waals surface area contributed by atoms with Gasteiger partial charge in [0.1, 0.15) is 19.5 Å². The third kappa shape index (κ3) is 3.95. The number of ether oxygens (including phenoxy) is 1. The molecule has 0 saturated carbocycles. The van der Waals surface area contributed by atoms with Crippen molar-refractivity contribution in [3.05, 3.63) is 69.6 Å². The van der Waals surface area contributed by atoms with E-state index in [0.29, 0.717) is 11.4 Å². The summed E-state index contributed by atoms with van der Waals surface area (Å²) in [6, 6.07) is 13.4. The van der Waals surface area contributed by atoms with Gasteiger partial charge in [0.2, 0.25) is 0 Å². The fraction of sp³-hybridized carbons (Fsp3) is 0.300. The Balaban J connectivity index is 1.89. The normalized spacial score (nSPS) is 11.5. The highest BCUT2D eigenvalue weighted by molar-refractivity contribution is 6.00. The lowest BCUT2D eigenvalue weighted by atomic mass is 10.1.